The molecular formula is C19H18F3N3O3. The summed E-state index contributed by atoms with van der Waals surface area (Å²) in [6.07, 6.45) is -2.17. The first kappa shape index (κ1) is 19.7. The van der Waals surface area contributed by atoms with Crippen LogP contribution in [0.2, 0.25) is 0 Å². The van der Waals surface area contributed by atoms with Crippen molar-refractivity contribution in [2.75, 3.05) is 4.90 Å². The molecule has 1 aromatic heterocycles. The largest absolute Gasteiger partial charge is 0.573 e. The number of nitrogens with zero attached hydrogens (tertiary/aromatic N) is 2. The van der Waals surface area contributed by atoms with E-state index in [4.69, 9.17) is 0 Å². The first-order valence-electron chi connectivity index (χ1n) is 8.57. The minimum absolute atomic E-state index is 0.157. The molecule has 1 aliphatic heterocycles. The molecule has 1 fully saturated rings. The fraction of sp³-hybridized carbons (Fsp3) is 0.316. The Morgan fingerprint density at radius 2 is 1.86 bits per heavy atom. The zero-order valence-corrected chi connectivity index (χ0v) is 15.2. The molecule has 2 aromatic rings. The van der Waals surface area contributed by atoms with Crippen molar-refractivity contribution in [3.63, 3.8) is 0 Å². The van der Waals surface area contributed by atoms with Crippen LogP contribution in [-0.2, 0) is 17.6 Å². The van der Waals surface area contributed by atoms with Gasteiger partial charge in [0.25, 0.3) is 5.91 Å². The van der Waals surface area contributed by atoms with Crippen molar-refractivity contribution >= 4 is 17.6 Å². The number of carbonyl (C=O) groups is 2. The number of ether oxygens (including phenoxy) is 1. The van der Waals surface area contributed by atoms with Crippen LogP contribution in [0.25, 0.3) is 0 Å². The van der Waals surface area contributed by atoms with Gasteiger partial charge in [-0.3, -0.25) is 9.78 Å². The summed E-state index contributed by atoms with van der Waals surface area (Å²) in [5, 5.41) is 2.67. The Hall–Kier alpha value is -3.10. The molecule has 28 heavy (non-hydrogen) atoms. The molecular weight excluding hydrogens is 375 g/mol. The maximum absolute atomic E-state index is 12.9. The number of halogens is 3. The fourth-order valence-corrected chi connectivity index (χ4v) is 3.08. The van der Waals surface area contributed by atoms with Crippen LogP contribution in [0, 0.1) is 0 Å². The van der Waals surface area contributed by atoms with E-state index in [1.54, 1.807) is 19.2 Å². The van der Waals surface area contributed by atoms with Crippen LogP contribution in [0.15, 0.2) is 42.6 Å². The van der Waals surface area contributed by atoms with E-state index in [0.717, 1.165) is 34.7 Å². The Balaban J connectivity index is 1.80. The quantitative estimate of drug-likeness (QED) is 0.788. The SMILES string of the molecule is CCc1cc(CC2(C)NC(=O)N(c3ccc(OC(F)(F)F)cc3)C2=O)ccn1. The van der Waals surface area contributed by atoms with E-state index in [1.165, 1.54) is 12.1 Å². The molecule has 1 aliphatic rings. The Bertz CT molecular complexity index is 899. The monoisotopic (exact) mass is 393 g/mol. The maximum atomic E-state index is 12.9. The highest BCUT2D eigenvalue weighted by Crippen LogP contribution is 2.30. The highest BCUT2D eigenvalue weighted by molar-refractivity contribution is 6.23. The van der Waals surface area contributed by atoms with E-state index >= 15 is 0 Å². The Morgan fingerprint density at radius 3 is 2.46 bits per heavy atom. The fourth-order valence-electron chi connectivity index (χ4n) is 3.08. The van der Waals surface area contributed by atoms with Crippen molar-refractivity contribution in [1.82, 2.24) is 10.3 Å². The second-order valence-corrected chi connectivity index (χ2v) is 6.63. The molecule has 9 heteroatoms. The summed E-state index contributed by atoms with van der Waals surface area (Å²) >= 11 is 0. The summed E-state index contributed by atoms with van der Waals surface area (Å²) in [7, 11) is 0. The average molecular weight is 393 g/mol. The first-order chi connectivity index (χ1) is 13.1. The average Bonchev–Trinajstić information content (AvgIpc) is 2.83. The number of hydrogen-bond acceptors (Lipinski definition) is 4. The Morgan fingerprint density at radius 1 is 1.18 bits per heavy atom. The number of imide groups is 1. The lowest BCUT2D eigenvalue weighted by Crippen LogP contribution is -2.46. The number of aryl methyl sites for hydroxylation is 1. The molecule has 0 saturated carbocycles. The number of rotatable bonds is 5. The van der Waals surface area contributed by atoms with Gasteiger partial charge in [0.2, 0.25) is 0 Å². The van der Waals surface area contributed by atoms with Gasteiger partial charge >= 0.3 is 12.4 Å². The standard InChI is InChI=1S/C19H18F3N3O3/c1-3-13-10-12(8-9-23-13)11-18(2)16(26)25(17(27)24-18)14-4-6-15(7-5-14)28-19(20,21)22/h4-10H,3,11H2,1-2H3,(H,24,27). The third-order valence-electron chi connectivity index (χ3n) is 4.39. The van der Waals surface area contributed by atoms with E-state index in [-0.39, 0.29) is 12.1 Å². The number of hydrogen-bond donors (Lipinski definition) is 1. The van der Waals surface area contributed by atoms with Crippen LogP contribution < -0.4 is 15.0 Å². The summed E-state index contributed by atoms with van der Waals surface area (Å²) in [6.45, 7) is 3.57. The minimum atomic E-state index is -4.82. The van der Waals surface area contributed by atoms with Crippen molar-refractivity contribution < 1.29 is 27.5 Å². The van der Waals surface area contributed by atoms with Gasteiger partial charge in [0, 0.05) is 18.3 Å². The Kier molecular flexibility index (Phi) is 5.01. The van der Waals surface area contributed by atoms with Gasteiger partial charge in [-0.15, -0.1) is 13.2 Å². The van der Waals surface area contributed by atoms with Gasteiger partial charge in [-0.1, -0.05) is 6.92 Å². The van der Waals surface area contributed by atoms with Crippen molar-refractivity contribution in [2.24, 2.45) is 0 Å². The highest BCUT2D eigenvalue weighted by atomic mass is 19.4. The van der Waals surface area contributed by atoms with Crippen LogP contribution in [0.5, 0.6) is 5.75 Å². The molecule has 0 bridgehead atoms. The predicted octanol–water partition coefficient (Wildman–Crippen LogP) is 3.60. The van der Waals surface area contributed by atoms with E-state index in [1.807, 2.05) is 13.0 Å². The molecule has 2 heterocycles. The molecule has 0 spiro atoms. The lowest BCUT2D eigenvalue weighted by molar-refractivity contribution is -0.274. The molecule has 1 atom stereocenters. The third-order valence-corrected chi connectivity index (χ3v) is 4.39. The molecule has 1 saturated heterocycles. The number of amides is 3. The molecule has 3 amide bonds. The second kappa shape index (κ2) is 7.14. The van der Waals surface area contributed by atoms with Crippen LogP contribution in [0.1, 0.15) is 25.1 Å². The number of anilines is 1. The van der Waals surface area contributed by atoms with Gasteiger partial charge < -0.3 is 10.1 Å². The zero-order chi connectivity index (χ0) is 20.5. The lowest BCUT2D eigenvalue weighted by Gasteiger charge is -2.22. The van der Waals surface area contributed by atoms with Crippen LogP contribution in [-0.4, -0.2) is 28.8 Å². The van der Waals surface area contributed by atoms with Crippen molar-refractivity contribution in [3.8, 4) is 5.75 Å². The number of urea groups is 1. The number of benzene rings is 1. The second-order valence-electron chi connectivity index (χ2n) is 6.63. The first-order valence-corrected chi connectivity index (χ1v) is 8.57. The number of aromatic nitrogens is 1. The molecule has 1 aromatic carbocycles. The molecule has 148 valence electrons. The number of nitrogens with one attached hydrogen (secondary N) is 1. The van der Waals surface area contributed by atoms with Gasteiger partial charge in [0.15, 0.2) is 0 Å². The number of alkyl halides is 3. The smallest absolute Gasteiger partial charge is 0.406 e. The molecule has 1 unspecified atom stereocenters. The normalized spacial score (nSPS) is 19.7. The lowest BCUT2D eigenvalue weighted by atomic mass is 9.92. The van der Waals surface area contributed by atoms with E-state index in [2.05, 4.69) is 15.0 Å². The summed E-state index contributed by atoms with van der Waals surface area (Å²) in [4.78, 5) is 30.5. The summed E-state index contributed by atoms with van der Waals surface area (Å²) < 4.78 is 40.6. The predicted molar refractivity (Wildman–Crippen MR) is 94.9 cm³/mol. The van der Waals surface area contributed by atoms with Crippen molar-refractivity contribution in [2.45, 2.75) is 38.6 Å². The van der Waals surface area contributed by atoms with E-state index in [0.29, 0.717) is 0 Å². The highest BCUT2D eigenvalue weighted by Gasteiger charge is 2.48. The van der Waals surface area contributed by atoms with Gasteiger partial charge in [0.1, 0.15) is 11.3 Å². The topological polar surface area (TPSA) is 71.5 Å². The zero-order valence-electron chi connectivity index (χ0n) is 15.2. The summed E-state index contributed by atoms with van der Waals surface area (Å²) in [5.74, 6) is -0.924. The third kappa shape index (κ3) is 4.08. The van der Waals surface area contributed by atoms with E-state index in [9.17, 15) is 22.8 Å². The Labute approximate surface area is 159 Å². The maximum Gasteiger partial charge on any atom is 0.573 e. The van der Waals surface area contributed by atoms with Crippen molar-refractivity contribution in [3.05, 3.63) is 53.9 Å². The molecule has 6 nitrogen and oxygen atoms in total. The van der Waals surface area contributed by atoms with Gasteiger partial charge in [-0.25, -0.2) is 9.69 Å². The van der Waals surface area contributed by atoms with Crippen LogP contribution in [0.4, 0.5) is 23.7 Å². The number of pyridine rings is 1. The van der Waals surface area contributed by atoms with Gasteiger partial charge in [0.05, 0.1) is 5.69 Å². The molecule has 0 radical (unpaired) electrons. The van der Waals surface area contributed by atoms with Crippen LogP contribution >= 0.6 is 0 Å². The minimum Gasteiger partial charge on any atom is -0.406 e. The van der Waals surface area contributed by atoms with Crippen molar-refractivity contribution in [1.29, 1.82) is 0 Å². The molecule has 0 aliphatic carbocycles. The molecule has 3 rings (SSSR count). The van der Waals surface area contributed by atoms with Gasteiger partial charge in [-0.05, 0) is 55.3 Å². The van der Waals surface area contributed by atoms with Crippen LogP contribution in [0.3, 0.4) is 0 Å². The summed E-state index contributed by atoms with van der Waals surface area (Å²) in [5.41, 5.74) is 0.698. The summed E-state index contributed by atoms with van der Waals surface area (Å²) in [6, 6.07) is 7.57. The number of carbonyl (C=O) groups excluding carboxylic acids is 2. The van der Waals surface area contributed by atoms with Gasteiger partial charge in [-0.2, -0.15) is 0 Å². The molecule has 1 N–H and O–H groups in total. The van der Waals surface area contributed by atoms with E-state index < -0.39 is 29.6 Å².